The van der Waals surface area contributed by atoms with Gasteiger partial charge in [-0.2, -0.15) is 0 Å². The second-order valence-corrected chi connectivity index (χ2v) is 22.3. The standard InChI is InChI=1S/C16H15BrClN3O3.C16H15BrClN3O2.C9H8BrClO.C7H8BrN3O2.C4H6O4.C2H4O2.CH3PS.CH4.B.Na/c1-9-7-10(3-5-12(9)18)14(22)8-24-21-15(19)13-6-4-11(17)16(20-13)23-2;1-9-7-10(3-5-12(9)18)14-8-23-21-15(19-14)13-6-4-11(17)16(20-13)22-2;1-6-4-7(9(12)5-10)2-3-8(6)11;1-13-7-4(8)2-3-5(10-7)6(9)11-12;1-3(5)7-8-4(2)6;1-2(3)4;1-2-3;;;/h3-7H,8H2,1-2H3,(H2,19,21);3-7,14H,8H2,1-2H3,(H,19,21);2-4H,5H2,1H3;2-3,12H,1H3,(H2,9,11);1-2H3;1H3,(H,3,4);1H3;1H4;;/q;;;;;;;;;+1/p-1. The maximum absolute atomic E-state index is 12.1. The quantitative estimate of drug-likeness (QED) is 0.00969. The van der Waals surface area contributed by atoms with Gasteiger partial charge in [0.2, 0.25) is 23.4 Å². The van der Waals surface area contributed by atoms with Crippen molar-refractivity contribution in [1.82, 2.24) is 20.4 Å². The number of hydroxylamine groups is 1. The van der Waals surface area contributed by atoms with Crippen molar-refractivity contribution in [2.45, 2.75) is 55.0 Å². The molecule has 6 N–H and O–H groups in total. The second kappa shape index (κ2) is 48.4. The van der Waals surface area contributed by atoms with E-state index in [1.54, 1.807) is 67.8 Å². The van der Waals surface area contributed by atoms with Crippen molar-refractivity contribution in [3.05, 3.63) is 170 Å². The number of hydrogen-bond acceptors (Lipinski definition) is 22. The van der Waals surface area contributed by atoms with Crippen LogP contribution in [0.15, 0.2) is 120 Å². The van der Waals surface area contributed by atoms with Crippen molar-refractivity contribution >= 4 is 173 Å². The average Bonchev–Trinajstić information content (AvgIpc) is 2.56. The number of carbonyl (C=O) groups excluding carboxylic acids is 5. The van der Waals surface area contributed by atoms with E-state index in [4.69, 9.17) is 90.3 Å². The van der Waals surface area contributed by atoms with Gasteiger partial charge in [-0.3, -0.25) is 19.4 Å². The fraction of sp³-hybridized carbons (Fsp3) is 0.268. The number of carboxylic acid groups (broad SMARTS) is 1. The third-order valence-corrected chi connectivity index (χ3v) is 13.5. The summed E-state index contributed by atoms with van der Waals surface area (Å²) in [6.45, 7) is 11.0. The number of halogens is 7. The zero-order valence-electron chi connectivity index (χ0n) is 49.5. The van der Waals surface area contributed by atoms with Gasteiger partial charge in [0.05, 0.1) is 40.1 Å². The number of nitrogens with two attached hydrogens (primary N) is 2. The molecule has 479 valence electrons. The number of alkyl halides is 1. The van der Waals surface area contributed by atoms with Crippen molar-refractivity contribution in [3.63, 3.8) is 0 Å². The van der Waals surface area contributed by atoms with Crippen LogP contribution in [0, 0.1) is 20.8 Å². The number of carbonyl (C=O) groups is 5. The van der Waals surface area contributed by atoms with Crippen molar-refractivity contribution in [2.75, 3.05) is 46.5 Å². The van der Waals surface area contributed by atoms with Gasteiger partial charge in [-0.1, -0.05) is 92.4 Å². The van der Waals surface area contributed by atoms with Gasteiger partial charge in [-0.05, 0) is 191 Å². The molecule has 0 saturated carbocycles. The number of Topliss-reactive ketones (excluding diaryl/α,β-unsaturated/α-hetero) is 2. The van der Waals surface area contributed by atoms with E-state index in [2.05, 4.69) is 116 Å². The SMILES string of the molecule is C.CC(=O)OOC(C)=O.CC(=O)[O-].COc1nc(/C(N)=N/O)ccc1Br.COc1nc(/C(N)=N/OCC(=O)c2ccc(Cl)c(C)c2)ccc1Br.COc1nc(C2=NC(c3ccc(Cl)c(C)c3)CON2)ccc1Br.CP=S.Cc1cc(C(=O)CBr)ccc1Cl.[B].[Na+]. The zero-order chi connectivity index (χ0) is 65.9. The van der Waals surface area contributed by atoms with Gasteiger partial charge in [0.1, 0.15) is 29.7 Å². The fourth-order valence-corrected chi connectivity index (χ4v) is 7.69. The molecule has 1 aliphatic heterocycles. The van der Waals surface area contributed by atoms with E-state index < -0.39 is 17.9 Å². The Labute approximate surface area is 601 Å². The number of carboxylic acids is 1. The minimum atomic E-state index is -1.08. The molecule has 6 aromatic rings. The van der Waals surface area contributed by atoms with Crippen molar-refractivity contribution in [1.29, 1.82) is 0 Å². The topological polar surface area (TPSA) is 333 Å². The molecule has 0 aliphatic carbocycles. The Hall–Kier alpha value is -5.40. The third kappa shape index (κ3) is 33.8. The molecule has 0 fully saturated rings. The number of aromatic nitrogens is 3. The number of methoxy groups -OCH3 is 3. The summed E-state index contributed by atoms with van der Waals surface area (Å²) >= 11 is 35.2. The molecule has 3 aromatic carbocycles. The number of pyridine rings is 3. The van der Waals surface area contributed by atoms with E-state index in [0.29, 0.717) is 82.6 Å². The van der Waals surface area contributed by atoms with Crippen LogP contribution in [0.2, 0.25) is 15.1 Å². The summed E-state index contributed by atoms with van der Waals surface area (Å²) in [6, 6.07) is 26.4. The molecule has 0 saturated heterocycles. The van der Waals surface area contributed by atoms with E-state index in [9.17, 15) is 19.2 Å². The Kier molecular flexibility index (Phi) is 47.7. The van der Waals surface area contributed by atoms with Crippen LogP contribution in [0.4, 0.5) is 0 Å². The Morgan fingerprint density at radius 1 is 0.711 bits per heavy atom. The molecule has 0 amide bonds. The van der Waals surface area contributed by atoms with Crippen LogP contribution in [-0.4, -0.2) is 122 Å². The summed E-state index contributed by atoms with van der Waals surface area (Å²) in [6.07, 6.45) is 0. The monoisotopic (exact) mass is 1600 g/mol. The van der Waals surface area contributed by atoms with E-state index in [-0.39, 0.29) is 81.3 Å². The van der Waals surface area contributed by atoms with Gasteiger partial charge in [-0.15, -0.1) is 0 Å². The molecule has 90 heavy (non-hydrogen) atoms. The van der Waals surface area contributed by atoms with Crippen LogP contribution in [-0.2, 0) is 45.6 Å². The molecule has 7 rings (SSSR count). The first-order chi connectivity index (χ1) is 41.1. The fourth-order valence-electron chi connectivity index (χ4n) is 5.86. The smallest absolute Gasteiger partial charge is 0.550 e. The van der Waals surface area contributed by atoms with Crippen LogP contribution < -0.4 is 65.8 Å². The molecule has 34 heteroatoms. The molecule has 1 atom stereocenters. The minimum Gasteiger partial charge on any atom is -0.550 e. The summed E-state index contributed by atoms with van der Waals surface area (Å²) in [5.74, 6) is -0.687. The number of nitrogens with zero attached hydrogens (tertiary/aromatic N) is 6. The van der Waals surface area contributed by atoms with Gasteiger partial charge in [-0.25, -0.2) is 39.8 Å². The molecule has 4 heterocycles. The zero-order valence-corrected chi connectivity index (χ0v) is 61.9. The van der Waals surface area contributed by atoms with Crippen molar-refractivity contribution < 1.29 is 97.5 Å². The van der Waals surface area contributed by atoms with Gasteiger partial charge in [0, 0.05) is 54.4 Å². The number of amidine groups is 3. The van der Waals surface area contributed by atoms with Crippen molar-refractivity contribution in [2.24, 2.45) is 26.8 Å². The van der Waals surface area contributed by atoms with Gasteiger partial charge in [0.25, 0.3) is 0 Å². The number of oxime groups is 2. The number of ketones is 2. The third-order valence-electron chi connectivity index (χ3n) is 9.87. The number of aryl methyl sites for hydroxylation is 3. The molecule has 1 unspecified atom stereocenters. The van der Waals surface area contributed by atoms with Crippen LogP contribution in [0.1, 0.15) is 94.3 Å². The van der Waals surface area contributed by atoms with Crippen LogP contribution in [0.3, 0.4) is 0 Å². The predicted molar refractivity (Wildman–Crippen MR) is 361 cm³/mol. The number of rotatable bonds is 13. The van der Waals surface area contributed by atoms with Crippen molar-refractivity contribution in [3.8, 4) is 17.6 Å². The first kappa shape index (κ1) is 88.8. The summed E-state index contributed by atoms with van der Waals surface area (Å²) in [5, 5.41) is 26.2. The van der Waals surface area contributed by atoms with Crippen LogP contribution in [0.25, 0.3) is 0 Å². The Morgan fingerprint density at radius 3 is 1.51 bits per heavy atom. The number of aliphatic carboxylic acids is 1. The largest absolute Gasteiger partial charge is 1.00 e. The molecule has 3 radical (unpaired) electrons. The number of benzene rings is 3. The Bertz CT molecular complexity index is 3410. The summed E-state index contributed by atoms with van der Waals surface area (Å²) in [4.78, 5) is 87.2. The molecule has 0 bridgehead atoms. The number of ether oxygens (including phenoxy) is 3. The average molecular weight is 1610 g/mol. The maximum Gasteiger partial charge on any atom is 1.00 e. The number of nitrogens with one attached hydrogen (secondary N) is 1. The number of hydrogen-bond donors (Lipinski definition) is 4. The summed E-state index contributed by atoms with van der Waals surface area (Å²) in [7, 11) is 5.55. The second-order valence-electron chi connectivity index (χ2n) is 16.4. The summed E-state index contributed by atoms with van der Waals surface area (Å²) < 4.78 is 17.4. The van der Waals surface area contributed by atoms with Gasteiger partial charge in [0.15, 0.2) is 29.9 Å². The molecular formula is C56H62BBr4Cl3N9NaO14PS. The number of aliphatic imine (C=N–C) groups is 1. The van der Waals surface area contributed by atoms with E-state index >= 15 is 0 Å². The molecule has 0 spiro atoms. The first-order valence-electron chi connectivity index (χ1n) is 24.3. The predicted octanol–water partition coefficient (Wildman–Crippen LogP) is 8.41. The Morgan fingerprint density at radius 2 is 1.11 bits per heavy atom. The van der Waals surface area contributed by atoms with E-state index in [1.165, 1.54) is 14.2 Å². The summed E-state index contributed by atoms with van der Waals surface area (Å²) in [5.41, 5.74) is 20.4. The molecule has 23 nitrogen and oxygen atoms in total. The van der Waals surface area contributed by atoms with E-state index in [1.807, 2.05) is 57.8 Å². The normalized spacial score (nSPS) is 11.6. The van der Waals surface area contributed by atoms with Gasteiger partial charge >= 0.3 is 41.5 Å². The maximum atomic E-state index is 12.1. The molecular weight excluding hydrogens is 1550 g/mol. The van der Waals surface area contributed by atoms with Gasteiger partial charge < -0.3 is 45.6 Å². The minimum absolute atomic E-state index is 0. The first-order valence-corrected chi connectivity index (χ1v) is 31.3. The van der Waals surface area contributed by atoms with Crippen LogP contribution >= 0.6 is 106 Å². The van der Waals surface area contributed by atoms with Crippen LogP contribution in [0.5, 0.6) is 17.6 Å². The molecule has 1 aliphatic rings. The molecule has 3 aromatic heterocycles. The Balaban J connectivity index is -0.00000106. The van der Waals surface area contributed by atoms with E-state index in [0.717, 1.165) is 59.9 Å².